The van der Waals surface area contributed by atoms with E-state index in [-0.39, 0.29) is 23.8 Å². The first kappa shape index (κ1) is 22.5. The molecule has 3 aromatic carbocycles. The molecular weight excluding hydrogens is 465 g/mol. The van der Waals surface area contributed by atoms with E-state index in [2.05, 4.69) is 25.3 Å². The standard InChI is InChI=1S/C27H23F3N6/c28-19-9-6-16(7-10-19)25-20-13-17(8-11-24(20)32-33-25)26-31-27(35-34-26)18-3-2-12-36(14-18)15-21-22(29)4-1-5-23(21)30/h1,4-11,13,18H,2-3,12,14-15H2,(H,32,33)(H,31,34,35)/t18-/m0/s1. The summed E-state index contributed by atoms with van der Waals surface area (Å²) in [6.45, 7) is 1.63. The fraction of sp³-hybridized carbons (Fsp3) is 0.222. The molecule has 2 N–H and O–H groups in total. The van der Waals surface area contributed by atoms with Gasteiger partial charge in [-0.15, -0.1) is 0 Å². The lowest BCUT2D eigenvalue weighted by molar-refractivity contribution is 0.192. The van der Waals surface area contributed by atoms with E-state index in [9.17, 15) is 13.2 Å². The van der Waals surface area contributed by atoms with E-state index < -0.39 is 11.6 Å². The van der Waals surface area contributed by atoms with Crippen LogP contribution in [0.3, 0.4) is 0 Å². The molecular formula is C27H23F3N6. The summed E-state index contributed by atoms with van der Waals surface area (Å²) >= 11 is 0. The molecule has 0 saturated carbocycles. The highest BCUT2D eigenvalue weighted by atomic mass is 19.1. The molecule has 0 unspecified atom stereocenters. The predicted octanol–water partition coefficient (Wildman–Crippen LogP) is 5.81. The number of H-pyrrole nitrogens is 2. The minimum atomic E-state index is -0.520. The molecule has 182 valence electrons. The summed E-state index contributed by atoms with van der Waals surface area (Å²) in [6.07, 6.45) is 1.82. The lowest BCUT2D eigenvalue weighted by atomic mass is 9.97. The molecule has 0 spiro atoms. The van der Waals surface area contributed by atoms with Crippen molar-refractivity contribution in [2.45, 2.75) is 25.3 Å². The number of halogens is 3. The van der Waals surface area contributed by atoms with Gasteiger partial charge in [-0.05, 0) is 74.0 Å². The van der Waals surface area contributed by atoms with E-state index in [0.717, 1.165) is 52.9 Å². The van der Waals surface area contributed by atoms with Gasteiger partial charge < -0.3 is 0 Å². The van der Waals surface area contributed by atoms with Crippen LogP contribution < -0.4 is 0 Å². The van der Waals surface area contributed by atoms with Gasteiger partial charge in [0, 0.05) is 41.1 Å². The molecule has 1 aliphatic rings. The van der Waals surface area contributed by atoms with Crippen molar-refractivity contribution < 1.29 is 13.2 Å². The average molecular weight is 489 g/mol. The number of aromatic nitrogens is 5. The van der Waals surface area contributed by atoms with E-state index in [1.807, 2.05) is 18.2 Å². The van der Waals surface area contributed by atoms with Crippen molar-refractivity contribution >= 4 is 10.9 Å². The second-order valence-electron chi connectivity index (χ2n) is 9.16. The van der Waals surface area contributed by atoms with Gasteiger partial charge in [0.2, 0.25) is 0 Å². The Morgan fingerprint density at radius 2 is 1.67 bits per heavy atom. The molecule has 1 atom stereocenters. The second kappa shape index (κ2) is 9.23. The molecule has 5 aromatic rings. The van der Waals surface area contributed by atoms with E-state index in [0.29, 0.717) is 12.4 Å². The fourth-order valence-corrected chi connectivity index (χ4v) is 4.90. The van der Waals surface area contributed by atoms with Gasteiger partial charge in [0.15, 0.2) is 5.82 Å². The highest BCUT2D eigenvalue weighted by Crippen LogP contribution is 2.31. The van der Waals surface area contributed by atoms with Crippen molar-refractivity contribution in [1.29, 1.82) is 0 Å². The van der Waals surface area contributed by atoms with Crippen molar-refractivity contribution in [3.8, 4) is 22.6 Å². The summed E-state index contributed by atoms with van der Waals surface area (Å²) in [5.74, 6) is 0.0720. The summed E-state index contributed by atoms with van der Waals surface area (Å²) < 4.78 is 41.6. The summed E-state index contributed by atoms with van der Waals surface area (Å²) in [7, 11) is 0. The normalized spacial score (nSPS) is 16.6. The Morgan fingerprint density at radius 1 is 0.889 bits per heavy atom. The average Bonchev–Trinajstić information content (AvgIpc) is 3.55. The maximum absolute atomic E-state index is 14.1. The van der Waals surface area contributed by atoms with Gasteiger partial charge in [0.1, 0.15) is 23.3 Å². The van der Waals surface area contributed by atoms with Crippen molar-refractivity contribution in [3.05, 3.63) is 89.5 Å². The summed E-state index contributed by atoms with van der Waals surface area (Å²) in [5, 5.41) is 15.8. The van der Waals surface area contributed by atoms with Crippen LogP contribution in [0.25, 0.3) is 33.5 Å². The largest absolute Gasteiger partial charge is 0.298 e. The second-order valence-corrected chi connectivity index (χ2v) is 9.16. The van der Waals surface area contributed by atoms with Crippen LogP contribution in [0.2, 0.25) is 0 Å². The summed E-state index contributed by atoms with van der Waals surface area (Å²) in [4.78, 5) is 6.82. The number of benzene rings is 3. The molecule has 3 heterocycles. The number of fused-ring (bicyclic) bond motifs is 1. The molecule has 6 nitrogen and oxygen atoms in total. The van der Waals surface area contributed by atoms with E-state index >= 15 is 0 Å². The smallest absolute Gasteiger partial charge is 0.181 e. The number of rotatable bonds is 5. The fourth-order valence-electron chi connectivity index (χ4n) is 4.90. The Kier molecular flexibility index (Phi) is 5.77. The molecule has 1 saturated heterocycles. The molecule has 9 heteroatoms. The Bertz CT molecular complexity index is 1500. The van der Waals surface area contributed by atoms with Crippen molar-refractivity contribution in [2.75, 3.05) is 13.1 Å². The van der Waals surface area contributed by atoms with Gasteiger partial charge in [-0.3, -0.25) is 15.1 Å². The minimum Gasteiger partial charge on any atom is -0.298 e. The predicted molar refractivity (Wildman–Crippen MR) is 130 cm³/mol. The Morgan fingerprint density at radius 3 is 2.47 bits per heavy atom. The summed E-state index contributed by atoms with van der Waals surface area (Å²) in [6, 6.07) is 16.0. The first-order valence-electron chi connectivity index (χ1n) is 11.9. The van der Waals surface area contributed by atoms with Gasteiger partial charge in [-0.25, -0.2) is 18.2 Å². The van der Waals surface area contributed by atoms with Crippen molar-refractivity contribution in [3.63, 3.8) is 0 Å². The maximum atomic E-state index is 14.1. The zero-order chi connectivity index (χ0) is 24.6. The van der Waals surface area contributed by atoms with Gasteiger partial charge in [0.05, 0.1) is 11.2 Å². The number of aromatic amines is 2. The van der Waals surface area contributed by atoms with Crippen LogP contribution in [-0.4, -0.2) is 43.4 Å². The molecule has 36 heavy (non-hydrogen) atoms. The third-order valence-electron chi connectivity index (χ3n) is 6.78. The molecule has 0 bridgehead atoms. The van der Waals surface area contributed by atoms with E-state index in [1.54, 1.807) is 12.1 Å². The topological polar surface area (TPSA) is 73.5 Å². The zero-order valence-corrected chi connectivity index (χ0v) is 19.3. The highest BCUT2D eigenvalue weighted by Gasteiger charge is 2.26. The third kappa shape index (κ3) is 4.26. The van der Waals surface area contributed by atoms with Crippen molar-refractivity contribution in [2.24, 2.45) is 0 Å². The summed E-state index contributed by atoms with van der Waals surface area (Å²) in [5.41, 5.74) is 3.32. The number of hydrogen-bond acceptors (Lipinski definition) is 4. The number of piperidine rings is 1. The highest BCUT2D eigenvalue weighted by molar-refractivity contribution is 5.95. The van der Waals surface area contributed by atoms with Gasteiger partial charge >= 0.3 is 0 Å². The lowest BCUT2D eigenvalue weighted by Gasteiger charge is -2.31. The Balaban J connectivity index is 1.23. The SMILES string of the molecule is Fc1ccc(-c2n[nH]c3ccc(-c4n[nH]c([C@H]5CCCN(Cc6c(F)cccc6F)C5)n4)cc23)cc1. The van der Waals surface area contributed by atoms with Crippen LogP contribution in [0.1, 0.15) is 30.1 Å². The third-order valence-corrected chi connectivity index (χ3v) is 6.78. The Hall–Kier alpha value is -3.98. The lowest BCUT2D eigenvalue weighted by Crippen LogP contribution is -2.34. The van der Waals surface area contributed by atoms with Gasteiger partial charge in [-0.1, -0.05) is 6.07 Å². The van der Waals surface area contributed by atoms with Crippen LogP contribution in [-0.2, 0) is 6.54 Å². The monoisotopic (exact) mass is 488 g/mol. The molecule has 2 aromatic heterocycles. The first-order valence-corrected chi connectivity index (χ1v) is 11.9. The Labute approximate surface area is 205 Å². The van der Waals surface area contributed by atoms with Crippen LogP contribution in [0, 0.1) is 17.5 Å². The number of nitrogens with one attached hydrogen (secondary N) is 2. The molecule has 0 radical (unpaired) electrons. The van der Waals surface area contributed by atoms with Crippen LogP contribution in [0.4, 0.5) is 13.2 Å². The van der Waals surface area contributed by atoms with Crippen LogP contribution in [0.5, 0.6) is 0 Å². The van der Waals surface area contributed by atoms with Crippen molar-refractivity contribution in [1.82, 2.24) is 30.3 Å². The molecule has 0 aliphatic carbocycles. The quantitative estimate of drug-likeness (QED) is 0.327. The van der Waals surface area contributed by atoms with E-state index in [4.69, 9.17) is 4.98 Å². The molecule has 1 aliphatic heterocycles. The first-order chi connectivity index (χ1) is 17.5. The van der Waals surface area contributed by atoms with Crippen LogP contribution in [0.15, 0.2) is 60.7 Å². The molecule has 1 fully saturated rings. The van der Waals surface area contributed by atoms with Gasteiger partial charge in [-0.2, -0.15) is 10.2 Å². The minimum absolute atomic E-state index is 0.0854. The van der Waals surface area contributed by atoms with Crippen LogP contribution >= 0.6 is 0 Å². The molecule has 6 rings (SSSR count). The maximum Gasteiger partial charge on any atom is 0.181 e. The number of likely N-dealkylation sites (tertiary alicyclic amines) is 1. The van der Waals surface area contributed by atoms with Gasteiger partial charge in [0.25, 0.3) is 0 Å². The van der Waals surface area contributed by atoms with E-state index in [1.165, 1.54) is 30.3 Å². The number of hydrogen-bond donors (Lipinski definition) is 2. The number of nitrogens with zero attached hydrogens (tertiary/aromatic N) is 4. The molecule has 0 amide bonds. The zero-order valence-electron chi connectivity index (χ0n) is 19.3.